The molecule has 2 N–H and O–H groups in total. The van der Waals surface area contributed by atoms with Crippen molar-refractivity contribution in [2.45, 2.75) is 31.5 Å². The molecule has 0 radical (unpaired) electrons. The summed E-state index contributed by atoms with van der Waals surface area (Å²) in [7, 11) is 0. The zero-order chi connectivity index (χ0) is 16.2. The Kier molecular flexibility index (Phi) is 5.23. The molecule has 2 rings (SSSR count). The van der Waals surface area contributed by atoms with Gasteiger partial charge in [-0.2, -0.15) is 13.2 Å². The Morgan fingerprint density at radius 2 is 2.18 bits per heavy atom. The van der Waals surface area contributed by atoms with E-state index >= 15 is 0 Å². The number of nitrogens with one attached hydrogen (secondary N) is 2. The highest BCUT2D eigenvalue weighted by Gasteiger charge is 2.29. The molecule has 1 atom stereocenters. The number of rotatable bonds is 5. The van der Waals surface area contributed by atoms with E-state index < -0.39 is 24.5 Å². The number of hydrogen-bond donors (Lipinski definition) is 2. The largest absolute Gasteiger partial charge is 0.482 e. The third-order valence-electron chi connectivity index (χ3n) is 3.20. The summed E-state index contributed by atoms with van der Waals surface area (Å²) in [4.78, 5) is 11.9. The van der Waals surface area contributed by atoms with Crippen LogP contribution in [-0.2, 0) is 4.79 Å². The highest BCUT2D eigenvalue weighted by atomic mass is 19.4. The molecule has 0 spiro atoms. The fourth-order valence-corrected chi connectivity index (χ4v) is 2.24. The molecule has 1 unspecified atom stereocenters. The first-order chi connectivity index (χ1) is 10.3. The minimum Gasteiger partial charge on any atom is -0.482 e. The quantitative estimate of drug-likeness (QED) is 0.820. The topological polar surface area (TPSA) is 50.4 Å². The van der Waals surface area contributed by atoms with Crippen molar-refractivity contribution in [3.05, 3.63) is 24.0 Å². The van der Waals surface area contributed by atoms with Crippen LogP contribution in [0.2, 0.25) is 0 Å². The summed E-state index contributed by atoms with van der Waals surface area (Å²) in [6.45, 7) is -0.677. The highest BCUT2D eigenvalue weighted by molar-refractivity contribution is 5.92. The minimum absolute atomic E-state index is 0.0353. The van der Waals surface area contributed by atoms with E-state index in [0.29, 0.717) is 0 Å². The van der Waals surface area contributed by atoms with E-state index in [-0.39, 0.29) is 23.9 Å². The van der Waals surface area contributed by atoms with Crippen molar-refractivity contribution >= 4 is 11.6 Å². The Labute approximate surface area is 124 Å². The van der Waals surface area contributed by atoms with Gasteiger partial charge in [0.2, 0.25) is 5.91 Å². The van der Waals surface area contributed by atoms with E-state index in [4.69, 9.17) is 0 Å². The van der Waals surface area contributed by atoms with E-state index in [1.807, 2.05) is 0 Å². The van der Waals surface area contributed by atoms with Crippen molar-refractivity contribution < 1.29 is 27.1 Å². The SMILES string of the molecule is O=C(CC1CCCN1)Nc1cc(F)ccc1OCC(F)(F)F. The van der Waals surface area contributed by atoms with Crippen LogP contribution in [0.5, 0.6) is 5.75 Å². The molecular weight excluding hydrogens is 304 g/mol. The average Bonchev–Trinajstić information content (AvgIpc) is 2.89. The number of halogens is 4. The van der Waals surface area contributed by atoms with Gasteiger partial charge in [-0.05, 0) is 31.5 Å². The molecule has 0 aliphatic carbocycles. The molecule has 1 aromatic rings. The third-order valence-corrected chi connectivity index (χ3v) is 3.20. The van der Waals surface area contributed by atoms with Gasteiger partial charge in [0.05, 0.1) is 5.69 Å². The lowest BCUT2D eigenvalue weighted by Crippen LogP contribution is -2.27. The zero-order valence-electron chi connectivity index (χ0n) is 11.7. The van der Waals surface area contributed by atoms with Crippen molar-refractivity contribution in [1.29, 1.82) is 0 Å². The maximum atomic E-state index is 13.2. The lowest BCUT2D eigenvalue weighted by Gasteiger charge is -2.15. The summed E-state index contributed by atoms with van der Waals surface area (Å²) in [6, 6.07) is 3.00. The minimum atomic E-state index is -4.51. The van der Waals surface area contributed by atoms with Crippen LogP contribution in [0.15, 0.2) is 18.2 Å². The number of anilines is 1. The first kappa shape index (κ1) is 16.5. The molecule has 122 valence electrons. The average molecular weight is 320 g/mol. The number of carbonyl (C=O) groups excluding carboxylic acids is 1. The molecule has 22 heavy (non-hydrogen) atoms. The van der Waals surface area contributed by atoms with Crippen LogP contribution in [0.1, 0.15) is 19.3 Å². The molecule has 1 fully saturated rings. The van der Waals surface area contributed by atoms with Gasteiger partial charge in [0.1, 0.15) is 11.6 Å². The van der Waals surface area contributed by atoms with Gasteiger partial charge < -0.3 is 15.4 Å². The first-order valence-electron chi connectivity index (χ1n) is 6.86. The normalized spacial score (nSPS) is 18.3. The number of amides is 1. The second-order valence-corrected chi connectivity index (χ2v) is 5.09. The van der Waals surface area contributed by atoms with Gasteiger partial charge in [-0.1, -0.05) is 0 Å². The van der Waals surface area contributed by atoms with Gasteiger partial charge in [-0.25, -0.2) is 4.39 Å². The number of ether oxygens (including phenoxy) is 1. The predicted octanol–water partition coefficient (Wildman–Crippen LogP) is 2.85. The van der Waals surface area contributed by atoms with E-state index in [1.165, 1.54) is 0 Å². The molecule has 1 amide bonds. The van der Waals surface area contributed by atoms with Crippen molar-refractivity contribution in [2.75, 3.05) is 18.5 Å². The summed E-state index contributed by atoms with van der Waals surface area (Å²) in [5, 5.41) is 5.53. The molecular formula is C14H16F4N2O2. The van der Waals surface area contributed by atoms with Gasteiger partial charge in [-0.15, -0.1) is 0 Å². The van der Waals surface area contributed by atoms with Crippen LogP contribution in [0.3, 0.4) is 0 Å². The molecule has 1 aliphatic heterocycles. The zero-order valence-corrected chi connectivity index (χ0v) is 11.7. The Morgan fingerprint density at radius 1 is 1.41 bits per heavy atom. The highest BCUT2D eigenvalue weighted by Crippen LogP contribution is 2.28. The van der Waals surface area contributed by atoms with E-state index in [9.17, 15) is 22.4 Å². The molecule has 4 nitrogen and oxygen atoms in total. The predicted molar refractivity (Wildman–Crippen MR) is 72.2 cm³/mol. The molecule has 1 aliphatic rings. The van der Waals surface area contributed by atoms with Crippen LogP contribution >= 0.6 is 0 Å². The first-order valence-corrected chi connectivity index (χ1v) is 6.86. The lowest BCUT2D eigenvalue weighted by molar-refractivity contribution is -0.153. The second kappa shape index (κ2) is 6.95. The van der Waals surface area contributed by atoms with Gasteiger partial charge >= 0.3 is 6.18 Å². The fraction of sp³-hybridized carbons (Fsp3) is 0.500. The Balaban J connectivity index is 2.01. The smallest absolute Gasteiger partial charge is 0.422 e. The second-order valence-electron chi connectivity index (χ2n) is 5.09. The van der Waals surface area contributed by atoms with Crippen molar-refractivity contribution in [2.24, 2.45) is 0 Å². The summed E-state index contributed by atoms with van der Waals surface area (Å²) in [5.41, 5.74) is -0.104. The summed E-state index contributed by atoms with van der Waals surface area (Å²) in [6.07, 6.45) is -2.51. The molecule has 1 saturated heterocycles. The third kappa shape index (κ3) is 5.18. The molecule has 8 heteroatoms. The van der Waals surface area contributed by atoms with Crippen LogP contribution in [0, 0.1) is 5.82 Å². The van der Waals surface area contributed by atoms with Crippen LogP contribution in [0.4, 0.5) is 23.2 Å². The van der Waals surface area contributed by atoms with E-state index in [0.717, 1.165) is 37.6 Å². The number of hydrogen-bond acceptors (Lipinski definition) is 3. The Morgan fingerprint density at radius 3 is 2.82 bits per heavy atom. The fourth-order valence-electron chi connectivity index (χ4n) is 2.24. The van der Waals surface area contributed by atoms with Crippen LogP contribution in [0.25, 0.3) is 0 Å². The van der Waals surface area contributed by atoms with E-state index in [2.05, 4.69) is 15.4 Å². The van der Waals surface area contributed by atoms with Crippen molar-refractivity contribution in [3.8, 4) is 5.75 Å². The van der Waals surface area contributed by atoms with Crippen molar-refractivity contribution in [3.63, 3.8) is 0 Å². The number of alkyl halides is 3. The van der Waals surface area contributed by atoms with Crippen molar-refractivity contribution in [1.82, 2.24) is 5.32 Å². The molecule has 0 saturated carbocycles. The molecule has 0 bridgehead atoms. The van der Waals surface area contributed by atoms with Crippen LogP contribution < -0.4 is 15.4 Å². The molecule has 1 heterocycles. The Bertz CT molecular complexity index is 528. The molecule has 1 aromatic carbocycles. The van der Waals surface area contributed by atoms with Gasteiger partial charge in [0.15, 0.2) is 6.61 Å². The summed E-state index contributed by atoms with van der Waals surface area (Å²) in [5.74, 6) is -1.29. The number of benzene rings is 1. The summed E-state index contributed by atoms with van der Waals surface area (Å²) < 4.78 is 54.4. The molecule has 0 aromatic heterocycles. The van der Waals surface area contributed by atoms with Gasteiger partial charge in [0, 0.05) is 18.5 Å². The van der Waals surface area contributed by atoms with E-state index in [1.54, 1.807) is 0 Å². The number of carbonyl (C=O) groups is 1. The standard InChI is InChI=1S/C14H16F4N2O2/c15-9-3-4-12(22-8-14(16,17)18)11(6-9)20-13(21)7-10-2-1-5-19-10/h3-4,6,10,19H,1-2,5,7-8H2,(H,20,21). The lowest BCUT2D eigenvalue weighted by atomic mass is 10.1. The Hall–Kier alpha value is -1.83. The monoisotopic (exact) mass is 320 g/mol. The summed E-state index contributed by atoms with van der Waals surface area (Å²) >= 11 is 0. The van der Waals surface area contributed by atoms with Gasteiger partial charge in [0.25, 0.3) is 0 Å². The maximum absolute atomic E-state index is 13.2. The maximum Gasteiger partial charge on any atom is 0.422 e. The van der Waals surface area contributed by atoms with Gasteiger partial charge in [-0.3, -0.25) is 4.79 Å². The van der Waals surface area contributed by atoms with Crippen LogP contribution in [-0.4, -0.2) is 31.3 Å².